The SMILES string of the molecule is CC.CNC(CCCCNC(=O)[C@H](CCCCNC(=O)CCC(NC(=O)CCCCCCCCCCCCCCC(=O)O)C(=O)O)NC)C(=O)NCCCCC(NS)C(=O)S. The molecule has 4 atom stereocenters. The van der Waals surface area contributed by atoms with Crippen molar-refractivity contribution in [1.82, 2.24) is 36.6 Å². The van der Waals surface area contributed by atoms with Crippen molar-refractivity contribution in [3.63, 3.8) is 0 Å². The maximum atomic E-state index is 12.7. The van der Waals surface area contributed by atoms with E-state index >= 15 is 0 Å². The number of hydrogen-bond acceptors (Lipinski definition) is 11. The number of unbranched alkanes of at least 4 members (excludes halogenated alkanes) is 14. The van der Waals surface area contributed by atoms with E-state index in [1.165, 1.54) is 19.3 Å². The monoisotopic (exact) mass is 906 g/mol. The third kappa shape index (κ3) is 36.3. The molecule has 4 amide bonds. The lowest BCUT2D eigenvalue weighted by atomic mass is 10.0. The summed E-state index contributed by atoms with van der Waals surface area (Å²) in [6.45, 7) is 5.38. The molecule has 0 aromatic rings. The number of carboxylic acids is 2. The van der Waals surface area contributed by atoms with Crippen LogP contribution in [0.5, 0.6) is 0 Å². The van der Waals surface area contributed by atoms with E-state index in [1.807, 2.05) is 13.8 Å². The number of nitrogens with one attached hydrogen (secondary N) is 7. The summed E-state index contributed by atoms with van der Waals surface area (Å²) in [5, 5.41) is 35.3. The first-order valence-electron chi connectivity index (χ1n) is 22.9. The minimum atomic E-state index is -1.17. The van der Waals surface area contributed by atoms with Crippen LogP contribution in [0, 0.1) is 0 Å². The molecule has 16 nitrogen and oxygen atoms in total. The highest BCUT2D eigenvalue weighted by Gasteiger charge is 2.21. The number of hydrogen-bond donors (Lipinski definition) is 11. The van der Waals surface area contributed by atoms with E-state index < -0.39 is 24.0 Å². The summed E-state index contributed by atoms with van der Waals surface area (Å²) in [6, 6.07) is -2.27. The molecule has 61 heavy (non-hydrogen) atoms. The van der Waals surface area contributed by atoms with Crippen LogP contribution in [0.3, 0.4) is 0 Å². The van der Waals surface area contributed by atoms with Crippen molar-refractivity contribution in [3.8, 4) is 0 Å². The van der Waals surface area contributed by atoms with E-state index in [0.717, 1.165) is 70.6 Å². The van der Waals surface area contributed by atoms with E-state index in [2.05, 4.69) is 62.1 Å². The molecule has 0 aromatic heterocycles. The van der Waals surface area contributed by atoms with E-state index in [-0.39, 0.29) is 66.5 Å². The molecule has 3 unspecified atom stereocenters. The van der Waals surface area contributed by atoms with Crippen LogP contribution in [0.1, 0.15) is 174 Å². The van der Waals surface area contributed by atoms with Crippen molar-refractivity contribution in [2.45, 2.75) is 199 Å². The van der Waals surface area contributed by atoms with Crippen LogP contribution in [0.25, 0.3) is 0 Å². The smallest absolute Gasteiger partial charge is 0.326 e. The minimum Gasteiger partial charge on any atom is -0.481 e. The minimum absolute atomic E-state index is 0.00208. The fraction of sp³-hybridized carbons (Fsp3) is 0.837. The number of carboxylic acid groups (broad SMARTS) is 2. The molecule has 356 valence electrons. The van der Waals surface area contributed by atoms with Gasteiger partial charge in [-0.15, -0.1) is 12.6 Å². The maximum Gasteiger partial charge on any atom is 0.326 e. The number of likely N-dealkylation sites (N-methyl/N-ethyl adjacent to an activating group) is 2. The number of thiol groups is 2. The Bertz CT molecular complexity index is 1200. The van der Waals surface area contributed by atoms with Crippen molar-refractivity contribution in [2.75, 3.05) is 33.7 Å². The summed E-state index contributed by atoms with van der Waals surface area (Å²) in [7, 11) is 3.46. The molecule has 18 heteroatoms. The molecule has 9 N–H and O–H groups in total. The zero-order valence-corrected chi connectivity index (χ0v) is 39.5. The first kappa shape index (κ1) is 60.2. The first-order chi connectivity index (χ1) is 29.4. The zero-order valence-electron chi connectivity index (χ0n) is 37.8. The Morgan fingerprint density at radius 1 is 0.459 bits per heavy atom. The van der Waals surface area contributed by atoms with Gasteiger partial charge >= 0.3 is 11.9 Å². The molecule has 0 bridgehead atoms. The Kier molecular flexibility index (Phi) is 41.8. The number of carbonyl (C=O) groups excluding carboxylic acids is 5. The molecular weight excluding hydrogens is 823 g/mol. The number of rotatable bonds is 41. The van der Waals surface area contributed by atoms with Crippen molar-refractivity contribution in [2.24, 2.45) is 0 Å². The van der Waals surface area contributed by atoms with E-state index in [4.69, 9.17) is 5.11 Å². The van der Waals surface area contributed by atoms with Gasteiger partial charge in [-0.3, -0.25) is 33.5 Å². The van der Waals surface area contributed by atoms with Crippen molar-refractivity contribution < 1.29 is 43.8 Å². The van der Waals surface area contributed by atoms with Crippen molar-refractivity contribution >= 4 is 66.1 Å². The topological polar surface area (TPSA) is 244 Å². The van der Waals surface area contributed by atoms with Gasteiger partial charge in [0.2, 0.25) is 28.7 Å². The van der Waals surface area contributed by atoms with E-state index in [9.17, 15) is 38.7 Å². The van der Waals surface area contributed by atoms with Crippen LogP contribution < -0.4 is 36.6 Å². The van der Waals surface area contributed by atoms with Crippen molar-refractivity contribution in [1.29, 1.82) is 0 Å². The van der Waals surface area contributed by atoms with Crippen LogP contribution in [0.15, 0.2) is 0 Å². The Hall–Kier alpha value is -2.93. The zero-order chi connectivity index (χ0) is 46.1. The second kappa shape index (κ2) is 42.4. The van der Waals surface area contributed by atoms with Gasteiger partial charge < -0.3 is 42.1 Å². The summed E-state index contributed by atoms with van der Waals surface area (Å²) in [6.07, 6.45) is 18.9. The molecule has 0 aliphatic carbocycles. The number of carbonyl (C=O) groups is 7. The highest BCUT2D eigenvalue weighted by molar-refractivity contribution is 7.96. The average molecular weight is 906 g/mol. The fourth-order valence-corrected chi connectivity index (χ4v) is 7.13. The number of amides is 4. The molecule has 0 radical (unpaired) electrons. The molecule has 0 spiro atoms. The molecule has 0 aromatic carbocycles. The van der Waals surface area contributed by atoms with E-state index in [1.54, 1.807) is 14.1 Å². The Balaban J connectivity index is 0. The van der Waals surface area contributed by atoms with Gasteiger partial charge in [0.1, 0.15) is 6.04 Å². The van der Waals surface area contributed by atoms with Gasteiger partial charge in [-0.25, -0.2) is 4.79 Å². The Morgan fingerprint density at radius 3 is 1.23 bits per heavy atom. The van der Waals surface area contributed by atoms with Crippen LogP contribution >= 0.6 is 25.4 Å². The van der Waals surface area contributed by atoms with Crippen molar-refractivity contribution in [3.05, 3.63) is 0 Å². The Labute approximate surface area is 377 Å². The third-order valence-electron chi connectivity index (χ3n) is 10.3. The quantitative estimate of drug-likeness (QED) is 0.0280. The largest absolute Gasteiger partial charge is 0.481 e. The maximum absolute atomic E-state index is 12.7. The number of aliphatic carboxylic acids is 2. The molecule has 0 aliphatic heterocycles. The molecule has 0 saturated heterocycles. The molecule has 0 saturated carbocycles. The second-order valence-electron chi connectivity index (χ2n) is 15.3. The standard InChI is InChI=1S/C41H77N7O9S2.C2H6/c1-42-31(38(53)45-29-19-16-22-32(43-2)39(54)46-30-20-17-23-34(48-59)41(57)58)21-15-18-28-44-35(49)27-26-33(40(55)56)47-36(50)24-13-11-9-7-5-3-4-6-8-10-12-14-25-37(51)52;1-2/h31-34,42-43,48,59H,3-30H2,1-2H3,(H,44,49)(H,45,53)(H,46,54)(H,47,50)(H,51,52)(H,55,56)(H,57,58);1-2H3/t31-,32?,33?,34?;/m0./s1. The molecular formula is C43H83N7O9S2. The Morgan fingerprint density at radius 2 is 0.852 bits per heavy atom. The van der Waals surface area contributed by atoms with Gasteiger partial charge in [-0.05, 0) is 91.1 Å². The molecule has 0 fully saturated rings. The lowest BCUT2D eigenvalue weighted by Gasteiger charge is -2.18. The summed E-state index contributed by atoms with van der Waals surface area (Å²) in [4.78, 5) is 83.6. The summed E-state index contributed by atoms with van der Waals surface area (Å²) in [5.74, 6) is -2.70. The van der Waals surface area contributed by atoms with Gasteiger partial charge in [0.05, 0.1) is 18.1 Å². The van der Waals surface area contributed by atoms with E-state index in [0.29, 0.717) is 64.6 Å². The highest BCUT2D eigenvalue weighted by Crippen LogP contribution is 2.13. The first-order valence-corrected chi connectivity index (χ1v) is 23.8. The summed E-state index contributed by atoms with van der Waals surface area (Å²) < 4.78 is 2.62. The van der Waals surface area contributed by atoms with Gasteiger partial charge in [0, 0.05) is 38.9 Å². The molecule has 0 aliphatic rings. The van der Waals surface area contributed by atoms with Crippen LogP contribution in [-0.2, 0) is 33.6 Å². The van der Waals surface area contributed by atoms with Crippen LogP contribution in [0.4, 0.5) is 0 Å². The second-order valence-corrected chi connectivity index (χ2v) is 16.0. The normalized spacial score (nSPS) is 12.8. The van der Waals surface area contributed by atoms with Gasteiger partial charge in [0.25, 0.3) is 0 Å². The van der Waals surface area contributed by atoms with Gasteiger partial charge in [0.15, 0.2) is 0 Å². The predicted octanol–water partition coefficient (Wildman–Crippen LogP) is 5.20. The highest BCUT2D eigenvalue weighted by atomic mass is 32.1. The molecule has 0 rings (SSSR count). The van der Waals surface area contributed by atoms with Gasteiger partial charge in [-0.2, -0.15) is 0 Å². The van der Waals surface area contributed by atoms with Gasteiger partial charge in [-0.1, -0.05) is 90.9 Å². The predicted molar refractivity (Wildman–Crippen MR) is 249 cm³/mol. The van der Waals surface area contributed by atoms with Crippen LogP contribution in [-0.4, -0.2) is 109 Å². The lowest BCUT2D eigenvalue weighted by molar-refractivity contribution is -0.142. The summed E-state index contributed by atoms with van der Waals surface area (Å²) in [5.41, 5.74) is 0. The fourth-order valence-electron chi connectivity index (χ4n) is 6.59. The lowest BCUT2D eigenvalue weighted by Crippen LogP contribution is -2.43. The van der Waals surface area contributed by atoms with Crippen LogP contribution in [0.2, 0.25) is 0 Å². The molecule has 0 heterocycles. The third-order valence-corrected chi connectivity index (χ3v) is 10.9. The summed E-state index contributed by atoms with van der Waals surface area (Å²) >= 11 is 7.75. The average Bonchev–Trinajstić information content (AvgIpc) is 3.23.